The molecule has 1 aromatic heterocycles. The van der Waals surface area contributed by atoms with Crippen molar-refractivity contribution in [2.75, 3.05) is 0 Å². The van der Waals surface area contributed by atoms with E-state index in [2.05, 4.69) is 4.98 Å². The maximum absolute atomic E-state index is 13.7. The number of primary amides is 1. The lowest BCUT2D eigenvalue weighted by molar-refractivity contribution is -0.388. The molecule has 2 rings (SSSR count). The average Bonchev–Trinajstić information content (AvgIpc) is 2.60. The Morgan fingerprint density at radius 1 is 1.39 bits per heavy atom. The van der Waals surface area contributed by atoms with Gasteiger partial charge in [-0.15, -0.1) is 0 Å². The van der Waals surface area contributed by atoms with Crippen LogP contribution < -0.4 is 10.5 Å². The summed E-state index contributed by atoms with van der Waals surface area (Å²) in [6.45, 7) is 1.81. The van der Waals surface area contributed by atoms with Crippen molar-refractivity contribution < 1.29 is 27.6 Å². The Balaban J connectivity index is 2.94. The Bertz CT molecular complexity index is 905. The minimum Gasteiger partial charge on any atom is -0.431 e. The van der Waals surface area contributed by atoms with Crippen LogP contribution in [0.3, 0.4) is 0 Å². The Hall–Kier alpha value is -2.88. The molecule has 0 radical (unpaired) electrons. The number of nitro groups is 1. The Labute approximate surface area is 162 Å². The Morgan fingerprint density at radius 3 is 2.54 bits per heavy atom. The summed E-state index contributed by atoms with van der Waals surface area (Å²) in [6.07, 6.45) is -2.89. The molecule has 0 spiro atoms. The molecule has 0 aliphatic carbocycles. The molecule has 11 heteroatoms. The second-order valence-corrected chi connectivity index (χ2v) is 6.09. The van der Waals surface area contributed by atoms with Gasteiger partial charge in [0.2, 0.25) is 11.6 Å². The first kappa shape index (κ1) is 21.4. The van der Waals surface area contributed by atoms with Gasteiger partial charge in [-0.3, -0.25) is 14.9 Å². The van der Waals surface area contributed by atoms with Crippen LogP contribution in [0.15, 0.2) is 24.4 Å². The number of pyridine rings is 1. The van der Waals surface area contributed by atoms with E-state index in [-0.39, 0.29) is 17.9 Å². The Kier molecular flexibility index (Phi) is 6.45. The summed E-state index contributed by atoms with van der Waals surface area (Å²) in [7, 11) is 0. The highest BCUT2D eigenvalue weighted by Gasteiger charge is 2.47. The molecule has 0 unspecified atom stereocenters. The minimum absolute atomic E-state index is 0.0384. The highest BCUT2D eigenvalue weighted by Crippen LogP contribution is 2.50. The maximum Gasteiger partial charge on any atom is 0.423 e. The molecule has 2 N–H and O–H groups in total. The number of carbonyl (C=O) groups is 1. The number of carbonyl (C=O) groups excluding carboxylic acids is 1. The number of nitrogens with two attached hydrogens (primary N) is 1. The number of alkyl halides is 3. The summed E-state index contributed by atoms with van der Waals surface area (Å²) in [5, 5.41) is 11.0. The largest absolute Gasteiger partial charge is 0.431 e. The fraction of sp³-hybridized carbons (Fsp3) is 0.294. The first-order valence-corrected chi connectivity index (χ1v) is 8.45. The molecule has 2 aromatic rings. The van der Waals surface area contributed by atoms with Gasteiger partial charge in [-0.05, 0) is 18.9 Å². The molecule has 1 heterocycles. The van der Waals surface area contributed by atoms with Crippen molar-refractivity contribution >= 4 is 23.2 Å². The van der Waals surface area contributed by atoms with Crippen LogP contribution in [0, 0.1) is 10.1 Å². The molecule has 0 saturated heterocycles. The summed E-state index contributed by atoms with van der Waals surface area (Å²) < 4.78 is 46.4. The highest BCUT2D eigenvalue weighted by molar-refractivity contribution is 6.35. The Morgan fingerprint density at radius 2 is 2.07 bits per heavy atom. The summed E-state index contributed by atoms with van der Waals surface area (Å²) in [5.74, 6) is -2.40. The van der Waals surface area contributed by atoms with Gasteiger partial charge in [-0.25, -0.2) is 4.98 Å². The molecule has 0 atom stereocenters. The topological polar surface area (TPSA) is 108 Å². The standard InChI is InChI=1S/C17H15ClF3N3O4/c1-2-3-6-9-13(18)11(16(22)25)12(17(19,20)21)14(24(26)27)15(9)28-10-7-4-5-8-23-10/h4-5,7-8H,2-3,6H2,1H3,(H2,22,25). The van der Waals surface area contributed by atoms with E-state index in [4.69, 9.17) is 22.1 Å². The van der Waals surface area contributed by atoms with E-state index in [1.807, 2.05) is 0 Å². The van der Waals surface area contributed by atoms with E-state index in [9.17, 15) is 28.1 Å². The third-order valence-corrected chi connectivity index (χ3v) is 4.21. The number of unbranched alkanes of at least 4 members (excludes halogenated alkanes) is 1. The average molecular weight is 418 g/mol. The lowest BCUT2D eigenvalue weighted by atomic mass is 9.96. The van der Waals surface area contributed by atoms with Crippen LogP contribution in [0.5, 0.6) is 11.6 Å². The SMILES string of the molecule is CCCCc1c(Cl)c(C(N)=O)c(C(F)(F)F)c([N+](=O)[O-])c1Oc1ccccn1. The predicted octanol–water partition coefficient (Wildman–Crippen LogP) is 4.90. The number of rotatable bonds is 7. The molecule has 1 amide bonds. The molecular formula is C17H15ClF3N3O4. The molecule has 1 aromatic carbocycles. The van der Waals surface area contributed by atoms with Gasteiger partial charge in [0.15, 0.2) is 5.56 Å². The van der Waals surface area contributed by atoms with Crippen molar-refractivity contribution in [3.63, 3.8) is 0 Å². The molecule has 150 valence electrons. The van der Waals surface area contributed by atoms with Crippen LogP contribution in [0.2, 0.25) is 5.02 Å². The van der Waals surface area contributed by atoms with Gasteiger partial charge in [0, 0.05) is 17.8 Å². The number of ether oxygens (including phenoxy) is 1. The van der Waals surface area contributed by atoms with E-state index in [1.165, 1.54) is 24.4 Å². The molecule has 0 fully saturated rings. The van der Waals surface area contributed by atoms with Crippen molar-refractivity contribution in [3.05, 3.63) is 56.2 Å². The lowest BCUT2D eigenvalue weighted by Crippen LogP contribution is -2.22. The molecule has 0 aliphatic heterocycles. The van der Waals surface area contributed by atoms with Gasteiger partial charge in [0.1, 0.15) is 0 Å². The summed E-state index contributed by atoms with van der Waals surface area (Å²) in [4.78, 5) is 25.9. The third kappa shape index (κ3) is 4.33. The van der Waals surface area contributed by atoms with Crippen molar-refractivity contribution in [1.29, 1.82) is 0 Å². The number of halogens is 4. The number of nitrogens with zero attached hydrogens (tertiary/aromatic N) is 2. The fourth-order valence-electron chi connectivity index (χ4n) is 2.62. The van der Waals surface area contributed by atoms with Crippen LogP contribution in [0.1, 0.15) is 41.3 Å². The van der Waals surface area contributed by atoms with E-state index in [0.717, 1.165) is 0 Å². The van der Waals surface area contributed by atoms with E-state index < -0.39 is 44.6 Å². The third-order valence-electron chi connectivity index (χ3n) is 3.80. The van der Waals surface area contributed by atoms with Crippen molar-refractivity contribution in [2.45, 2.75) is 32.4 Å². The van der Waals surface area contributed by atoms with Crippen molar-refractivity contribution in [2.24, 2.45) is 5.73 Å². The molecule has 28 heavy (non-hydrogen) atoms. The smallest absolute Gasteiger partial charge is 0.423 e. The van der Waals surface area contributed by atoms with Gasteiger partial charge in [-0.2, -0.15) is 13.2 Å². The van der Waals surface area contributed by atoms with Crippen molar-refractivity contribution in [1.82, 2.24) is 4.98 Å². The summed E-state index contributed by atoms with van der Waals surface area (Å²) >= 11 is 6.07. The van der Waals surface area contributed by atoms with Crippen LogP contribution in [-0.4, -0.2) is 15.8 Å². The minimum atomic E-state index is -5.28. The van der Waals surface area contributed by atoms with Gasteiger partial charge in [0.05, 0.1) is 15.5 Å². The van der Waals surface area contributed by atoms with E-state index in [1.54, 1.807) is 6.92 Å². The van der Waals surface area contributed by atoms with Crippen LogP contribution >= 0.6 is 11.6 Å². The number of nitro benzene ring substituents is 1. The second-order valence-electron chi connectivity index (χ2n) is 5.71. The van der Waals surface area contributed by atoms with Gasteiger partial charge >= 0.3 is 11.9 Å². The first-order valence-electron chi connectivity index (χ1n) is 8.08. The van der Waals surface area contributed by atoms with Crippen molar-refractivity contribution in [3.8, 4) is 11.6 Å². The monoisotopic (exact) mass is 417 g/mol. The number of amides is 1. The fourth-order valence-corrected chi connectivity index (χ4v) is 2.98. The molecular weight excluding hydrogens is 403 g/mol. The summed E-state index contributed by atoms with van der Waals surface area (Å²) in [5.41, 5.74) is 0.547. The van der Waals surface area contributed by atoms with Crippen LogP contribution in [0.4, 0.5) is 18.9 Å². The summed E-state index contributed by atoms with van der Waals surface area (Å²) in [6, 6.07) is 4.34. The predicted molar refractivity (Wildman–Crippen MR) is 94.5 cm³/mol. The number of hydrogen-bond acceptors (Lipinski definition) is 5. The lowest BCUT2D eigenvalue weighted by Gasteiger charge is -2.19. The number of hydrogen-bond donors (Lipinski definition) is 1. The van der Waals surface area contributed by atoms with Crippen LogP contribution in [0.25, 0.3) is 0 Å². The van der Waals surface area contributed by atoms with E-state index >= 15 is 0 Å². The second kappa shape index (κ2) is 8.42. The zero-order valence-corrected chi connectivity index (χ0v) is 15.3. The zero-order valence-electron chi connectivity index (χ0n) is 14.5. The molecule has 0 saturated carbocycles. The van der Waals surface area contributed by atoms with E-state index in [0.29, 0.717) is 12.8 Å². The van der Waals surface area contributed by atoms with Crippen LogP contribution in [-0.2, 0) is 12.6 Å². The van der Waals surface area contributed by atoms with Gasteiger partial charge in [-0.1, -0.05) is 31.0 Å². The zero-order chi connectivity index (χ0) is 21.1. The van der Waals surface area contributed by atoms with Gasteiger partial charge in [0.25, 0.3) is 5.91 Å². The number of benzene rings is 1. The first-order chi connectivity index (χ1) is 13.1. The maximum atomic E-state index is 13.7. The highest BCUT2D eigenvalue weighted by atomic mass is 35.5. The molecule has 0 aliphatic rings. The quantitative estimate of drug-likeness (QED) is 0.509. The normalized spacial score (nSPS) is 11.3. The van der Waals surface area contributed by atoms with Gasteiger partial charge < -0.3 is 10.5 Å². The number of aromatic nitrogens is 1. The molecule has 7 nitrogen and oxygen atoms in total. The molecule has 0 bridgehead atoms.